The van der Waals surface area contributed by atoms with E-state index in [0.717, 1.165) is 0 Å². The van der Waals surface area contributed by atoms with Gasteiger partial charge in [-0.15, -0.1) is 0 Å². The normalized spacial score (nSPS) is 13.9. The highest BCUT2D eigenvalue weighted by Crippen LogP contribution is 2.47. The molecule has 1 heterocycles. The van der Waals surface area contributed by atoms with Crippen molar-refractivity contribution in [3.05, 3.63) is 108 Å². The molecule has 0 aliphatic carbocycles. The topological polar surface area (TPSA) is 15.8 Å². The molecule has 1 N–H and O–H groups in total. The summed E-state index contributed by atoms with van der Waals surface area (Å²) in [4.78, 5) is 3.67. The minimum atomic E-state index is 0.0323. The van der Waals surface area contributed by atoms with Crippen molar-refractivity contribution >= 4 is 54.1 Å². The minimum Gasteiger partial charge on any atom is -0.355 e. The number of aromatic nitrogens is 1. The van der Waals surface area contributed by atoms with Gasteiger partial charge in [0.25, 0.3) is 0 Å². The molecule has 7 aromatic rings. The van der Waals surface area contributed by atoms with Crippen LogP contribution in [0.3, 0.4) is 0 Å². The highest BCUT2D eigenvalue weighted by molar-refractivity contribution is 6.24. The van der Waals surface area contributed by atoms with Crippen molar-refractivity contribution in [1.29, 1.82) is 0 Å². The molecule has 0 bridgehead atoms. The molecular formula is C37H35N. The Morgan fingerprint density at radius 3 is 1.89 bits per heavy atom. The van der Waals surface area contributed by atoms with Gasteiger partial charge in [0, 0.05) is 27.7 Å². The molecule has 0 fully saturated rings. The van der Waals surface area contributed by atoms with Gasteiger partial charge in [0.1, 0.15) is 0 Å². The zero-order valence-corrected chi connectivity index (χ0v) is 23.2. The van der Waals surface area contributed by atoms with Crippen LogP contribution in [-0.2, 0) is 5.41 Å². The fraction of sp³-hybridized carbons (Fsp3) is 0.243. The number of hydrogen-bond acceptors (Lipinski definition) is 0. The van der Waals surface area contributed by atoms with Gasteiger partial charge < -0.3 is 4.98 Å². The number of nitrogens with one attached hydrogen (secondary N) is 1. The zero-order chi connectivity index (χ0) is 26.4. The first-order chi connectivity index (χ1) is 18.1. The van der Waals surface area contributed by atoms with E-state index >= 15 is 0 Å². The second kappa shape index (κ2) is 7.84. The van der Waals surface area contributed by atoms with Crippen LogP contribution in [0.5, 0.6) is 0 Å². The highest BCUT2D eigenvalue weighted by atomic mass is 14.7. The maximum Gasteiger partial charge on any atom is 0.0465 e. The summed E-state index contributed by atoms with van der Waals surface area (Å²) in [5.41, 5.74) is 6.73. The van der Waals surface area contributed by atoms with Crippen LogP contribution in [0.1, 0.15) is 64.2 Å². The molecule has 1 aromatic heterocycles. The van der Waals surface area contributed by atoms with E-state index in [-0.39, 0.29) is 16.7 Å². The number of H-pyrrole nitrogens is 1. The van der Waals surface area contributed by atoms with Crippen LogP contribution in [0.15, 0.2) is 91.0 Å². The number of aromatic amines is 1. The van der Waals surface area contributed by atoms with E-state index in [0.29, 0.717) is 0 Å². The van der Waals surface area contributed by atoms with Gasteiger partial charge >= 0.3 is 0 Å². The molecule has 0 spiro atoms. The van der Waals surface area contributed by atoms with E-state index in [4.69, 9.17) is 0 Å². The van der Waals surface area contributed by atoms with Crippen LogP contribution in [0.2, 0.25) is 0 Å². The van der Waals surface area contributed by atoms with Gasteiger partial charge in [-0.3, -0.25) is 0 Å². The lowest BCUT2D eigenvalue weighted by Crippen LogP contribution is -2.20. The molecule has 7 rings (SSSR count). The highest BCUT2D eigenvalue weighted by Gasteiger charge is 2.31. The number of hydrogen-bond donors (Lipinski definition) is 1. The molecular weight excluding hydrogens is 458 g/mol. The molecule has 0 radical (unpaired) electrons. The third kappa shape index (κ3) is 3.45. The number of rotatable bonds is 2. The smallest absolute Gasteiger partial charge is 0.0465 e. The Hall–Kier alpha value is -3.84. The standard InChI is InChI=1S/C37H35N/c1-36(2,3)26-16-18-32-29(21-26)28-20-25(15-17-31(28)38-32)35(37(4,5)6)30-19-24-11-7-9-22-13-14-23-10-8-12-27(30)34(23)33(22)24/h7-21,35,38H,1-6H3. The lowest BCUT2D eigenvalue weighted by atomic mass is 9.70. The van der Waals surface area contributed by atoms with Crippen LogP contribution in [-0.4, -0.2) is 4.98 Å². The molecule has 188 valence electrons. The Balaban J connectivity index is 1.53. The minimum absolute atomic E-state index is 0.0323. The number of fused-ring (bicyclic) bond motifs is 3. The van der Waals surface area contributed by atoms with Gasteiger partial charge in [0.2, 0.25) is 0 Å². The average Bonchev–Trinajstić information content (AvgIpc) is 3.24. The Labute approximate surface area is 224 Å². The first-order valence-electron chi connectivity index (χ1n) is 13.8. The quantitative estimate of drug-likeness (QED) is 0.231. The summed E-state index contributed by atoms with van der Waals surface area (Å²) in [6, 6.07) is 34.6. The molecule has 1 atom stereocenters. The van der Waals surface area contributed by atoms with Gasteiger partial charge in [0.05, 0.1) is 0 Å². The molecule has 1 nitrogen and oxygen atoms in total. The molecule has 1 heteroatoms. The van der Waals surface area contributed by atoms with Gasteiger partial charge in [-0.05, 0) is 90.2 Å². The molecule has 0 aliphatic heterocycles. The van der Waals surface area contributed by atoms with E-state index in [1.54, 1.807) is 0 Å². The van der Waals surface area contributed by atoms with Crippen molar-refractivity contribution in [1.82, 2.24) is 4.98 Å². The maximum absolute atomic E-state index is 3.67. The van der Waals surface area contributed by atoms with Crippen molar-refractivity contribution in [2.24, 2.45) is 5.41 Å². The molecule has 38 heavy (non-hydrogen) atoms. The van der Waals surface area contributed by atoms with Crippen LogP contribution in [0, 0.1) is 5.41 Å². The Morgan fingerprint density at radius 1 is 0.553 bits per heavy atom. The summed E-state index contributed by atoms with van der Waals surface area (Å²) in [5.74, 6) is 0.247. The summed E-state index contributed by atoms with van der Waals surface area (Å²) >= 11 is 0. The Bertz CT molecular complexity index is 1990. The number of benzene rings is 6. The molecule has 0 saturated carbocycles. The lowest BCUT2D eigenvalue weighted by molar-refractivity contribution is 0.360. The van der Waals surface area contributed by atoms with Crippen molar-refractivity contribution < 1.29 is 0 Å². The Morgan fingerprint density at radius 2 is 1.18 bits per heavy atom. The van der Waals surface area contributed by atoms with Crippen LogP contribution >= 0.6 is 0 Å². The van der Waals surface area contributed by atoms with E-state index in [1.807, 2.05) is 0 Å². The maximum atomic E-state index is 3.67. The molecule has 1 unspecified atom stereocenters. The van der Waals surface area contributed by atoms with E-state index in [9.17, 15) is 0 Å². The predicted molar refractivity (Wildman–Crippen MR) is 166 cm³/mol. The molecule has 0 aliphatic rings. The predicted octanol–water partition coefficient (Wildman–Crippen LogP) is 10.7. The van der Waals surface area contributed by atoms with Crippen LogP contribution in [0.25, 0.3) is 54.1 Å². The second-order valence-electron chi connectivity index (χ2n) is 13.3. The van der Waals surface area contributed by atoms with Crippen LogP contribution < -0.4 is 0 Å². The third-order valence-corrected chi connectivity index (χ3v) is 8.54. The van der Waals surface area contributed by atoms with E-state index in [1.165, 1.54) is 70.8 Å². The van der Waals surface area contributed by atoms with Crippen LogP contribution in [0.4, 0.5) is 0 Å². The van der Waals surface area contributed by atoms with Crippen molar-refractivity contribution in [3.63, 3.8) is 0 Å². The zero-order valence-electron chi connectivity index (χ0n) is 23.2. The van der Waals surface area contributed by atoms with Gasteiger partial charge in [-0.1, -0.05) is 102 Å². The summed E-state index contributed by atoms with van der Waals surface area (Å²) in [6.45, 7) is 14.0. The first kappa shape index (κ1) is 23.3. The lowest BCUT2D eigenvalue weighted by Gasteiger charge is -2.33. The first-order valence-corrected chi connectivity index (χ1v) is 13.8. The SMILES string of the molecule is CC(C)(C)c1ccc2[nH]c3ccc(C(c4cc5cccc6ccc7cccc4c7c65)C(C)(C)C)cc3c2c1. The van der Waals surface area contributed by atoms with Gasteiger partial charge in [-0.2, -0.15) is 0 Å². The van der Waals surface area contributed by atoms with Gasteiger partial charge in [-0.25, -0.2) is 0 Å². The van der Waals surface area contributed by atoms with Crippen molar-refractivity contribution in [3.8, 4) is 0 Å². The largest absolute Gasteiger partial charge is 0.355 e. The molecule has 6 aromatic carbocycles. The monoisotopic (exact) mass is 493 g/mol. The molecule has 0 amide bonds. The summed E-state index contributed by atoms with van der Waals surface area (Å²) < 4.78 is 0. The summed E-state index contributed by atoms with van der Waals surface area (Å²) in [6.07, 6.45) is 0. The van der Waals surface area contributed by atoms with Gasteiger partial charge in [0.15, 0.2) is 0 Å². The van der Waals surface area contributed by atoms with Crippen molar-refractivity contribution in [2.45, 2.75) is 52.9 Å². The fourth-order valence-corrected chi connectivity index (χ4v) is 6.74. The average molecular weight is 494 g/mol. The Kier molecular flexibility index (Phi) is 4.80. The third-order valence-electron chi connectivity index (χ3n) is 8.54. The fourth-order valence-electron chi connectivity index (χ4n) is 6.74. The summed E-state index contributed by atoms with van der Waals surface area (Å²) in [5, 5.41) is 10.8. The second-order valence-corrected chi connectivity index (χ2v) is 13.3. The summed E-state index contributed by atoms with van der Waals surface area (Å²) in [7, 11) is 0. The molecule has 0 saturated heterocycles. The van der Waals surface area contributed by atoms with E-state index in [2.05, 4.69) is 138 Å². The van der Waals surface area contributed by atoms with Crippen molar-refractivity contribution in [2.75, 3.05) is 0 Å². The van der Waals surface area contributed by atoms with E-state index < -0.39 is 0 Å².